The molecule has 0 aromatic heterocycles. The maximum atomic E-state index is 5.95. The quantitative estimate of drug-likeness (QED) is 0.756. The zero-order chi connectivity index (χ0) is 13.7. The highest BCUT2D eigenvalue weighted by atomic mass is 16.5. The minimum absolute atomic E-state index is 0.435. The molecule has 0 saturated heterocycles. The van der Waals surface area contributed by atoms with Crippen LogP contribution in [-0.2, 0) is 4.74 Å². The van der Waals surface area contributed by atoms with Crippen molar-refractivity contribution in [2.75, 3.05) is 13.2 Å². The second kappa shape index (κ2) is 7.08. The fraction of sp³-hybridized carbons (Fsp3) is 1.00. The summed E-state index contributed by atoms with van der Waals surface area (Å²) in [6, 6.07) is 0.709. The van der Waals surface area contributed by atoms with E-state index in [1.165, 1.54) is 51.4 Å². The van der Waals surface area contributed by atoms with Crippen LogP contribution in [0.15, 0.2) is 0 Å². The molecule has 0 aromatic rings. The normalized spacial score (nSPS) is 29.8. The summed E-state index contributed by atoms with van der Waals surface area (Å²) in [7, 11) is 0. The van der Waals surface area contributed by atoms with Crippen LogP contribution in [0.1, 0.15) is 72.1 Å². The molecule has 2 unspecified atom stereocenters. The SMILES string of the molecule is CC(C)(C)C1CCCCC1NCCOC1CCCC1. The van der Waals surface area contributed by atoms with Crippen LogP contribution in [-0.4, -0.2) is 25.3 Å². The Morgan fingerprint density at radius 1 is 0.947 bits per heavy atom. The van der Waals surface area contributed by atoms with Gasteiger partial charge in [-0.15, -0.1) is 0 Å². The zero-order valence-corrected chi connectivity index (χ0v) is 13.2. The summed E-state index contributed by atoms with van der Waals surface area (Å²) in [5.41, 5.74) is 0.435. The number of ether oxygens (including phenoxy) is 1. The van der Waals surface area contributed by atoms with Gasteiger partial charge in [0, 0.05) is 12.6 Å². The van der Waals surface area contributed by atoms with E-state index < -0.39 is 0 Å². The molecule has 112 valence electrons. The molecule has 19 heavy (non-hydrogen) atoms. The third-order valence-electron chi connectivity index (χ3n) is 5.04. The van der Waals surface area contributed by atoms with E-state index >= 15 is 0 Å². The van der Waals surface area contributed by atoms with Crippen LogP contribution >= 0.6 is 0 Å². The third-order valence-corrected chi connectivity index (χ3v) is 5.04. The molecule has 0 aromatic carbocycles. The van der Waals surface area contributed by atoms with Gasteiger partial charge in [0.15, 0.2) is 0 Å². The van der Waals surface area contributed by atoms with Gasteiger partial charge in [-0.05, 0) is 37.0 Å². The largest absolute Gasteiger partial charge is 0.377 e. The predicted octanol–water partition coefficient (Wildman–Crippen LogP) is 4.14. The van der Waals surface area contributed by atoms with Gasteiger partial charge in [-0.3, -0.25) is 0 Å². The Balaban J connectivity index is 1.67. The summed E-state index contributed by atoms with van der Waals surface area (Å²) in [5, 5.41) is 3.78. The molecular weight excluding hydrogens is 234 g/mol. The average molecular weight is 267 g/mol. The monoisotopic (exact) mass is 267 g/mol. The first kappa shape index (κ1) is 15.3. The fourth-order valence-corrected chi connectivity index (χ4v) is 3.94. The van der Waals surface area contributed by atoms with Crippen LogP contribution in [0.4, 0.5) is 0 Å². The van der Waals surface area contributed by atoms with E-state index in [0.717, 1.165) is 19.1 Å². The maximum absolute atomic E-state index is 5.95. The van der Waals surface area contributed by atoms with Crippen molar-refractivity contribution in [3.63, 3.8) is 0 Å². The summed E-state index contributed by atoms with van der Waals surface area (Å²) >= 11 is 0. The van der Waals surface area contributed by atoms with Crippen LogP contribution in [0.25, 0.3) is 0 Å². The molecule has 2 nitrogen and oxygen atoms in total. The minimum Gasteiger partial charge on any atom is -0.377 e. The molecule has 0 aliphatic heterocycles. The fourth-order valence-electron chi connectivity index (χ4n) is 3.94. The van der Waals surface area contributed by atoms with Crippen molar-refractivity contribution < 1.29 is 4.74 Å². The van der Waals surface area contributed by atoms with E-state index in [4.69, 9.17) is 4.74 Å². The average Bonchev–Trinajstić information content (AvgIpc) is 2.87. The molecule has 0 spiro atoms. The highest BCUT2D eigenvalue weighted by molar-refractivity contribution is 4.88. The van der Waals surface area contributed by atoms with E-state index in [2.05, 4.69) is 26.1 Å². The molecule has 0 bridgehead atoms. The van der Waals surface area contributed by atoms with Gasteiger partial charge in [0.1, 0.15) is 0 Å². The molecule has 2 atom stereocenters. The summed E-state index contributed by atoms with van der Waals surface area (Å²) < 4.78 is 5.95. The summed E-state index contributed by atoms with van der Waals surface area (Å²) in [6.07, 6.45) is 11.4. The Morgan fingerprint density at radius 2 is 1.58 bits per heavy atom. The van der Waals surface area contributed by atoms with Gasteiger partial charge >= 0.3 is 0 Å². The Morgan fingerprint density at radius 3 is 2.26 bits per heavy atom. The first-order valence-electron chi connectivity index (χ1n) is 8.42. The van der Waals surface area contributed by atoms with Gasteiger partial charge in [0.2, 0.25) is 0 Å². The Kier molecular flexibility index (Phi) is 5.70. The minimum atomic E-state index is 0.435. The van der Waals surface area contributed by atoms with Crippen molar-refractivity contribution in [1.82, 2.24) is 5.32 Å². The lowest BCUT2D eigenvalue weighted by Crippen LogP contribution is -2.45. The number of nitrogens with one attached hydrogen (secondary N) is 1. The van der Waals surface area contributed by atoms with Crippen molar-refractivity contribution in [2.24, 2.45) is 11.3 Å². The van der Waals surface area contributed by atoms with E-state index in [9.17, 15) is 0 Å². The number of hydrogen-bond donors (Lipinski definition) is 1. The molecule has 0 amide bonds. The second-order valence-electron chi connectivity index (χ2n) is 7.59. The van der Waals surface area contributed by atoms with Crippen LogP contribution in [0, 0.1) is 11.3 Å². The molecule has 1 N–H and O–H groups in total. The summed E-state index contributed by atoms with van der Waals surface area (Å²) in [6.45, 7) is 9.12. The van der Waals surface area contributed by atoms with E-state index in [1.807, 2.05) is 0 Å². The third kappa shape index (κ3) is 4.75. The summed E-state index contributed by atoms with van der Waals surface area (Å²) in [5.74, 6) is 0.827. The van der Waals surface area contributed by atoms with Crippen molar-refractivity contribution in [3.8, 4) is 0 Å². The number of hydrogen-bond acceptors (Lipinski definition) is 2. The Hall–Kier alpha value is -0.0800. The second-order valence-corrected chi connectivity index (χ2v) is 7.59. The Bertz CT molecular complexity index is 252. The van der Waals surface area contributed by atoms with Crippen LogP contribution in [0.2, 0.25) is 0 Å². The molecule has 2 rings (SSSR count). The van der Waals surface area contributed by atoms with Gasteiger partial charge in [0.25, 0.3) is 0 Å². The van der Waals surface area contributed by atoms with Gasteiger partial charge in [0.05, 0.1) is 12.7 Å². The smallest absolute Gasteiger partial charge is 0.0594 e. The van der Waals surface area contributed by atoms with Crippen LogP contribution < -0.4 is 5.32 Å². The van der Waals surface area contributed by atoms with Crippen molar-refractivity contribution >= 4 is 0 Å². The number of rotatable bonds is 5. The predicted molar refractivity (Wildman–Crippen MR) is 81.4 cm³/mol. The van der Waals surface area contributed by atoms with E-state index in [0.29, 0.717) is 17.6 Å². The van der Waals surface area contributed by atoms with E-state index in [1.54, 1.807) is 0 Å². The Labute approximate surface area is 119 Å². The van der Waals surface area contributed by atoms with Crippen molar-refractivity contribution in [2.45, 2.75) is 84.3 Å². The van der Waals surface area contributed by atoms with Crippen molar-refractivity contribution in [3.05, 3.63) is 0 Å². The van der Waals surface area contributed by atoms with Gasteiger partial charge in [-0.1, -0.05) is 46.5 Å². The highest BCUT2D eigenvalue weighted by Crippen LogP contribution is 2.37. The first-order valence-corrected chi connectivity index (χ1v) is 8.42. The molecule has 0 heterocycles. The van der Waals surface area contributed by atoms with Gasteiger partial charge in [-0.25, -0.2) is 0 Å². The lowest BCUT2D eigenvalue weighted by molar-refractivity contribution is 0.0528. The molecule has 2 aliphatic carbocycles. The highest BCUT2D eigenvalue weighted by Gasteiger charge is 2.33. The van der Waals surface area contributed by atoms with Crippen molar-refractivity contribution in [1.29, 1.82) is 0 Å². The standard InChI is InChI=1S/C17H33NO/c1-17(2,3)15-10-6-7-11-16(15)18-12-13-19-14-8-4-5-9-14/h14-16,18H,4-13H2,1-3H3. The molecule has 2 fully saturated rings. The summed E-state index contributed by atoms with van der Waals surface area (Å²) in [4.78, 5) is 0. The molecule has 2 heteroatoms. The van der Waals surface area contributed by atoms with Crippen LogP contribution in [0.3, 0.4) is 0 Å². The first-order chi connectivity index (χ1) is 9.07. The zero-order valence-electron chi connectivity index (χ0n) is 13.2. The van der Waals surface area contributed by atoms with Crippen LogP contribution in [0.5, 0.6) is 0 Å². The molecule has 0 radical (unpaired) electrons. The lowest BCUT2D eigenvalue weighted by Gasteiger charge is -2.41. The molecule has 2 aliphatic rings. The lowest BCUT2D eigenvalue weighted by atomic mass is 9.69. The van der Waals surface area contributed by atoms with Gasteiger partial charge < -0.3 is 10.1 Å². The van der Waals surface area contributed by atoms with Gasteiger partial charge in [-0.2, -0.15) is 0 Å². The van der Waals surface area contributed by atoms with E-state index in [-0.39, 0.29) is 0 Å². The molecular formula is C17H33NO. The maximum Gasteiger partial charge on any atom is 0.0594 e. The topological polar surface area (TPSA) is 21.3 Å². The molecule has 2 saturated carbocycles.